The van der Waals surface area contributed by atoms with Gasteiger partial charge in [0.2, 0.25) is 0 Å². The van der Waals surface area contributed by atoms with E-state index in [0.717, 1.165) is 93.1 Å². The number of allylic oxidation sites excluding steroid dienone is 10. The number of ketones is 2. The topological polar surface area (TPSA) is 83.6 Å². The highest BCUT2D eigenvalue weighted by molar-refractivity contribution is 7.14. The van der Waals surface area contributed by atoms with Gasteiger partial charge >= 0.3 is 0 Å². The quantitative estimate of drug-likeness (QED) is 0.232. The van der Waals surface area contributed by atoms with Crippen LogP contribution >= 0.6 is 11.3 Å². The van der Waals surface area contributed by atoms with Gasteiger partial charge in [-0.25, -0.2) is 0 Å². The third kappa shape index (κ3) is 9.48. The normalized spacial score (nSPS) is 17.9. The molecule has 0 saturated carbocycles. The van der Waals surface area contributed by atoms with Crippen molar-refractivity contribution in [1.29, 1.82) is 0 Å². The molecule has 3 aromatic rings. The molecule has 0 saturated heterocycles. The van der Waals surface area contributed by atoms with Gasteiger partial charge in [0.1, 0.15) is 11.4 Å². The van der Waals surface area contributed by atoms with Crippen LogP contribution in [-0.4, -0.2) is 11.6 Å². The summed E-state index contributed by atoms with van der Waals surface area (Å²) in [5.74, 6) is 0.156. The summed E-state index contributed by atoms with van der Waals surface area (Å²) in [6.07, 6.45) is 16.9. The van der Waals surface area contributed by atoms with Crippen LogP contribution in [0.15, 0.2) is 127 Å². The van der Waals surface area contributed by atoms with Crippen molar-refractivity contribution in [3.63, 3.8) is 0 Å². The minimum absolute atomic E-state index is 0.0780. The molecule has 4 aliphatic carbocycles. The number of hydrogen-bond acceptors (Lipinski definition) is 7. The number of aryl methyl sites for hydroxylation is 2. The summed E-state index contributed by atoms with van der Waals surface area (Å²) in [4.78, 5) is 30.1. The molecule has 0 radical (unpaired) electrons. The summed E-state index contributed by atoms with van der Waals surface area (Å²) in [6, 6.07) is 17.0. The van der Waals surface area contributed by atoms with E-state index in [1.807, 2.05) is 24.3 Å². The predicted octanol–water partition coefficient (Wildman–Crippen LogP) is 15.6. The number of hydrogen-bond donors (Lipinski definition) is 0. The van der Waals surface area contributed by atoms with E-state index < -0.39 is 21.7 Å². The van der Waals surface area contributed by atoms with Crippen LogP contribution in [0.1, 0.15) is 141 Å². The maximum absolute atomic E-state index is 14.2. The number of Topliss-reactive ketones (excluding diaryl/α,β-unsaturated/α-hetero) is 2. The Balaban J connectivity index is 1.48. The molecule has 0 aliphatic heterocycles. The molecular formula is C54H64N4O2S. The fourth-order valence-corrected chi connectivity index (χ4v) is 9.79. The van der Waals surface area contributed by atoms with E-state index in [2.05, 4.69) is 132 Å². The number of benzene rings is 2. The lowest BCUT2D eigenvalue weighted by Crippen LogP contribution is -2.28. The van der Waals surface area contributed by atoms with Crippen molar-refractivity contribution >= 4 is 45.7 Å². The number of carbonyl (C=O) groups is 2. The van der Waals surface area contributed by atoms with Gasteiger partial charge in [0.25, 0.3) is 0 Å². The summed E-state index contributed by atoms with van der Waals surface area (Å²) in [7, 11) is 0. The second kappa shape index (κ2) is 16.8. The molecule has 0 bridgehead atoms. The zero-order valence-electron chi connectivity index (χ0n) is 38.6. The standard InChI is InChI=1S/C54H64N4O2S/c1-51(2,3)39-29-35(30-40(49(39)59)52(4,5)6)47(57-55-43-25-17-21-33-19-13-15-23-37(33)43)45-27-28-46(61-45)48(58-56-44-26-18-22-34-20-14-16-24-38(34)44)36-31-41(53(7,8)9)50(60)42(32-36)54(10,11)12/h17-18,21-22,25-32H,13-16,19-20,23-24H2,1-12H3/b57-55+,58-56+. The summed E-state index contributed by atoms with van der Waals surface area (Å²) in [5, 5.41) is 20.4. The summed E-state index contributed by atoms with van der Waals surface area (Å²) in [6.45, 7) is 25.2. The highest BCUT2D eigenvalue weighted by Crippen LogP contribution is 2.45. The molecule has 0 atom stereocenters. The predicted molar refractivity (Wildman–Crippen MR) is 254 cm³/mol. The lowest BCUT2D eigenvalue weighted by atomic mass is 9.71. The van der Waals surface area contributed by atoms with Crippen molar-refractivity contribution < 1.29 is 9.59 Å². The van der Waals surface area contributed by atoms with E-state index in [0.29, 0.717) is 11.4 Å². The van der Waals surface area contributed by atoms with Gasteiger partial charge in [0.05, 0.1) is 21.1 Å². The third-order valence-electron chi connectivity index (χ3n) is 12.3. The number of azo groups is 2. The molecule has 1 heterocycles. The molecule has 4 aliphatic rings. The Morgan fingerprint density at radius 3 is 1.11 bits per heavy atom. The minimum atomic E-state index is -0.393. The Labute approximate surface area is 368 Å². The molecule has 7 heteroatoms. The number of nitrogens with zero attached hydrogens (tertiary/aromatic N) is 4. The van der Waals surface area contributed by atoms with Crippen LogP contribution in [0, 0.1) is 21.7 Å². The first-order valence-electron chi connectivity index (χ1n) is 22.2. The zero-order valence-corrected chi connectivity index (χ0v) is 39.4. The Bertz CT molecular complexity index is 2290. The molecule has 1 aromatic heterocycles. The van der Waals surface area contributed by atoms with Gasteiger partial charge in [-0.3, -0.25) is 9.59 Å². The molecule has 6 nitrogen and oxygen atoms in total. The first-order chi connectivity index (χ1) is 28.6. The Hall–Kier alpha value is -4.88. The Kier molecular flexibility index (Phi) is 12.1. The summed E-state index contributed by atoms with van der Waals surface area (Å²) in [5.41, 5.74) is 11.6. The van der Waals surface area contributed by atoms with E-state index in [4.69, 9.17) is 20.5 Å². The first-order valence-corrected chi connectivity index (χ1v) is 23.0. The van der Waals surface area contributed by atoms with Crippen LogP contribution in [0.3, 0.4) is 0 Å². The highest BCUT2D eigenvalue weighted by Gasteiger charge is 2.37. The Morgan fingerprint density at radius 2 is 0.787 bits per heavy atom. The Morgan fingerprint density at radius 1 is 0.459 bits per heavy atom. The SMILES string of the molecule is CC(C)(C)C1=CC(=C(/N=N/c2cccc3c2CCCC3)c2ccc(C(/N=N/c3cccc4c3CCCC4)=C3C=C(C(C)(C)C)C(=O)C(C(C)(C)C)=C3)s2)C=C(C(C)(C)C)C1=O. The molecule has 0 unspecified atom stereocenters. The molecule has 0 fully saturated rings. The van der Waals surface area contributed by atoms with Crippen molar-refractivity contribution in [2.75, 3.05) is 0 Å². The van der Waals surface area contributed by atoms with Crippen LogP contribution in [0.4, 0.5) is 11.4 Å². The van der Waals surface area contributed by atoms with Crippen molar-refractivity contribution in [2.24, 2.45) is 42.1 Å². The lowest BCUT2D eigenvalue weighted by Gasteiger charge is -2.31. The van der Waals surface area contributed by atoms with E-state index in [-0.39, 0.29) is 11.6 Å². The van der Waals surface area contributed by atoms with Crippen molar-refractivity contribution in [1.82, 2.24) is 0 Å². The molecule has 0 amide bonds. The fourth-order valence-electron chi connectivity index (χ4n) is 8.77. The van der Waals surface area contributed by atoms with Gasteiger partial charge in [0.15, 0.2) is 11.6 Å². The van der Waals surface area contributed by atoms with E-state index in [9.17, 15) is 9.59 Å². The molecule has 2 aromatic carbocycles. The van der Waals surface area contributed by atoms with E-state index in [1.165, 1.54) is 35.1 Å². The fraction of sp³-hybridized carbons (Fsp3) is 0.444. The number of carbonyl (C=O) groups excluding carboxylic acids is 2. The molecule has 318 valence electrons. The molecular weight excluding hydrogens is 769 g/mol. The molecule has 0 spiro atoms. The third-order valence-corrected chi connectivity index (χ3v) is 13.4. The molecule has 0 N–H and O–H groups in total. The smallest absolute Gasteiger partial charge is 0.186 e. The van der Waals surface area contributed by atoms with Gasteiger partial charge in [-0.15, -0.1) is 21.6 Å². The average Bonchev–Trinajstić information content (AvgIpc) is 3.66. The maximum atomic E-state index is 14.2. The summed E-state index contributed by atoms with van der Waals surface area (Å²) < 4.78 is 0. The number of rotatable bonds is 6. The second-order valence-electron chi connectivity index (χ2n) is 21.3. The number of fused-ring (bicyclic) bond motifs is 2. The number of thiophene rings is 1. The van der Waals surface area contributed by atoms with Crippen LogP contribution < -0.4 is 0 Å². The molecule has 7 rings (SSSR count). The zero-order chi connectivity index (χ0) is 44.1. The monoisotopic (exact) mass is 832 g/mol. The van der Waals surface area contributed by atoms with Crippen LogP contribution in [0.5, 0.6) is 0 Å². The minimum Gasteiger partial charge on any atom is -0.289 e. The largest absolute Gasteiger partial charge is 0.289 e. The average molecular weight is 833 g/mol. The van der Waals surface area contributed by atoms with Gasteiger partial charge in [-0.1, -0.05) is 107 Å². The van der Waals surface area contributed by atoms with Crippen molar-refractivity contribution in [3.8, 4) is 0 Å². The van der Waals surface area contributed by atoms with Gasteiger partial charge in [0, 0.05) is 33.4 Å². The second-order valence-corrected chi connectivity index (χ2v) is 22.4. The van der Waals surface area contributed by atoms with Crippen LogP contribution in [-0.2, 0) is 35.3 Å². The van der Waals surface area contributed by atoms with Crippen LogP contribution in [0.25, 0.3) is 11.4 Å². The van der Waals surface area contributed by atoms with Gasteiger partial charge < -0.3 is 0 Å². The van der Waals surface area contributed by atoms with E-state index >= 15 is 0 Å². The maximum Gasteiger partial charge on any atom is 0.186 e. The van der Waals surface area contributed by atoms with Gasteiger partial charge in [-0.05, 0) is 144 Å². The van der Waals surface area contributed by atoms with Gasteiger partial charge in [-0.2, -0.15) is 10.2 Å². The summed E-state index contributed by atoms with van der Waals surface area (Å²) >= 11 is 1.59. The van der Waals surface area contributed by atoms with Crippen molar-refractivity contribution in [2.45, 2.75) is 134 Å². The highest BCUT2D eigenvalue weighted by atomic mass is 32.1. The molecule has 61 heavy (non-hydrogen) atoms. The van der Waals surface area contributed by atoms with E-state index in [1.54, 1.807) is 11.3 Å². The first kappa shape index (κ1) is 44.2. The lowest BCUT2D eigenvalue weighted by molar-refractivity contribution is -0.114. The van der Waals surface area contributed by atoms with Crippen LogP contribution in [0.2, 0.25) is 0 Å². The van der Waals surface area contributed by atoms with Crippen molar-refractivity contribution in [3.05, 3.63) is 138 Å².